The minimum atomic E-state index is -1.14. The predicted molar refractivity (Wildman–Crippen MR) is 60.5 cm³/mol. The summed E-state index contributed by atoms with van der Waals surface area (Å²) in [5, 5.41) is 18.3. The van der Waals surface area contributed by atoms with Crippen LogP contribution in [0.15, 0.2) is 42.5 Å². The lowest BCUT2D eigenvalue weighted by atomic mass is 9.99. The first-order valence-corrected chi connectivity index (χ1v) is 4.90. The van der Waals surface area contributed by atoms with E-state index in [0.717, 1.165) is 0 Å². The zero-order chi connectivity index (χ0) is 12.4. The van der Waals surface area contributed by atoms with Crippen molar-refractivity contribution < 1.29 is 19.4 Å². The van der Waals surface area contributed by atoms with Gasteiger partial charge in [0.15, 0.2) is 0 Å². The van der Waals surface area contributed by atoms with Crippen LogP contribution >= 0.6 is 0 Å². The van der Waals surface area contributed by atoms with Gasteiger partial charge in [0.05, 0.1) is 5.56 Å². The zero-order valence-corrected chi connectivity index (χ0v) is 8.72. The van der Waals surface area contributed by atoms with Crippen LogP contribution in [0.1, 0.15) is 10.4 Å². The predicted octanol–water partition coefficient (Wildman–Crippen LogP) is 2.90. The number of hydrogen-bond donors (Lipinski definition) is 2. The number of halogens is 1. The Morgan fingerprint density at radius 3 is 2.29 bits per heavy atom. The molecule has 0 heterocycles. The molecule has 4 heteroatoms. The molecule has 2 aromatic rings. The van der Waals surface area contributed by atoms with E-state index in [1.807, 2.05) is 0 Å². The number of aromatic carboxylic acids is 1. The molecular formula is C13H9FO3. The zero-order valence-electron chi connectivity index (χ0n) is 8.72. The summed E-state index contributed by atoms with van der Waals surface area (Å²) in [7, 11) is 0. The molecule has 0 aliphatic carbocycles. The quantitative estimate of drug-likeness (QED) is 0.836. The molecule has 86 valence electrons. The van der Waals surface area contributed by atoms with Gasteiger partial charge < -0.3 is 10.2 Å². The van der Waals surface area contributed by atoms with Crippen LogP contribution in [-0.4, -0.2) is 16.2 Å². The van der Waals surface area contributed by atoms with Crippen molar-refractivity contribution in [3.63, 3.8) is 0 Å². The number of carbonyl (C=O) groups is 1. The smallest absolute Gasteiger partial charge is 0.336 e. The van der Waals surface area contributed by atoms with E-state index < -0.39 is 5.97 Å². The van der Waals surface area contributed by atoms with Gasteiger partial charge in [-0.3, -0.25) is 0 Å². The number of carboxylic acid groups (broad SMARTS) is 1. The fourth-order valence-corrected chi connectivity index (χ4v) is 1.59. The molecule has 3 nitrogen and oxygen atoms in total. The summed E-state index contributed by atoms with van der Waals surface area (Å²) in [5.74, 6) is -1.64. The topological polar surface area (TPSA) is 57.5 Å². The van der Waals surface area contributed by atoms with Crippen LogP contribution in [0.4, 0.5) is 4.39 Å². The van der Waals surface area contributed by atoms with Gasteiger partial charge in [0.25, 0.3) is 0 Å². The maximum atomic E-state index is 12.8. The number of phenolic OH excluding ortho intramolecular Hbond substituents is 1. The Hall–Kier alpha value is -2.36. The fraction of sp³-hybridized carbons (Fsp3) is 0. The first kappa shape index (κ1) is 11.1. The van der Waals surface area contributed by atoms with Crippen molar-refractivity contribution >= 4 is 5.97 Å². The summed E-state index contributed by atoms with van der Waals surface area (Å²) in [5.41, 5.74) is 1.01. The molecule has 0 saturated heterocycles. The Kier molecular flexibility index (Phi) is 2.78. The number of aromatic hydroxyl groups is 1. The van der Waals surface area contributed by atoms with Crippen LogP contribution in [0.2, 0.25) is 0 Å². The highest BCUT2D eigenvalue weighted by Crippen LogP contribution is 2.27. The molecule has 0 aromatic heterocycles. The molecular weight excluding hydrogens is 223 g/mol. The van der Waals surface area contributed by atoms with E-state index in [-0.39, 0.29) is 17.1 Å². The molecule has 0 aliphatic rings. The van der Waals surface area contributed by atoms with Crippen LogP contribution in [0.3, 0.4) is 0 Å². The SMILES string of the molecule is O=C(O)c1cc(O)ccc1-c1ccc(F)cc1. The highest BCUT2D eigenvalue weighted by molar-refractivity contribution is 5.96. The van der Waals surface area contributed by atoms with Gasteiger partial charge in [0.2, 0.25) is 0 Å². The molecule has 17 heavy (non-hydrogen) atoms. The summed E-state index contributed by atoms with van der Waals surface area (Å²) < 4.78 is 12.8. The number of benzene rings is 2. The van der Waals surface area contributed by atoms with Gasteiger partial charge in [0, 0.05) is 0 Å². The van der Waals surface area contributed by atoms with E-state index in [1.54, 1.807) is 0 Å². The minimum Gasteiger partial charge on any atom is -0.508 e. The lowest BCUT2D eigenvalue weighted by molar-refractivity contribution is 0.0697. The van der Waals surface area contributed by atoms with E-state index in [1.165, 1.54) is 42.5 Å². The molecule has 0 spiro atoms. The summed E-state index contributed by atoms with van der Waals surface area (Å²) in [6, 6.07) is 9.56. The molecule has 0 amide bonds. The Balaban J connectivity index is 2.58. The largest absolute Gasteiger partial charge is 0.508 e. The lowest BCUT2D eigenvalue weighted by Crippen LogP contribution is -1.99. The van der Waals surface area contributed by atoms with Crippen molar-refractivity contribution in [2.24, 2.45) is 0 Å². The van der Waals surface area contributed by atoms with Crippen LogP contribution in [-0.2, 0) is 0 Å². The van der Waals surface area contributed by atoms with Crippen molar-refractivity contribution in [3.8, 4) is 16.9 Å². The Labute approximate surface area is 96.8 Å². The van der Waals surface area contributed by atoms with E-state index in [2.05, 4.69) is 0 Å². The molecule has 0 unspecified atom stereocenters. The first-order valence-electron chi connectivity index (χ1n) is 4.90. The summed E-state index contributed by atoms with van der Waals surface area (Å²) >= 11 is 0. The van der Waals surface area contributed by atoms with Gasteiger partial charge in [-0.1, -0.05) is 12.1 Å². The first-order chi connectivity index (χ1) is 8.08. The summed E-state index contributed by atoms with van der Waals surface area (Å²) in [4.78, 5) is 11.0. The van der Waals surface area contributed by atoms with Crippen molar-refractivity contribution in [1.29, 1.82) is 0 Å². The number of phenols is 1. The average Bonchev–Trinajstić information content (AvgIpc) is 2.30. The Bertz CT molecular complexity index is 561. The van der Waals surface area contributed by atoms with E-state index in [9.17, 15) is 14.3 Å². The minimum absolute atomic E-state index is 0.0170. The molecule has 0 atom stereocenters. The second-order valence-corrected chi connectivity index (χ2v) is 3.54. The second kappa shape index (κ2) is 4.25. The van der Waals surface area contributed by atoms with Gasteiger partial charge >= 0.3 is 5.97 Å². The molecule has 0 bridgehead atoms. The van der Waals surface area contributed by atoms with Gasteiger partial charge in [-0.15, -0.1) is 0 Å². The van der Waals surface area contributed by atoms with E-state index in [4.69, 9.17) is 5.11 Å². The molecule has 2 rings (SSSR count). The molecule has 0 fully saturated rings. The highest BCUT2D eigenvalue weighted by atomic mass is 19.1. The fourth-order valence-electron chi connectivity index (χ4n) is 1.59. The third-order valence-electron chi connectivity index (χ3n) is 2.39. The average molecular weight is 232 g/mol. The second-order valence-electron chi connectivity index (χ2n) is 3.54. The summed E-state index contributed by atoms with van der Waals surface area (Å²) in [6.07, 6.45) is 0. The molecule has 0 saturated carbocycles. The maximum Gasteiger partial charge on any atom is 0.336 e. The third kappa shape index (κ3) is 2.25. The lowest BCUT2D eigenvalue weighted by Gasteiger charge is -2.06. The van der Waals surface area contributed by atoms with E-state index >= 15 is 0 Å². The third-order valence-corrected chi connectivity index (χ3v) is 2.39. The van der Waals surface area contributed by atoms with Crippen molar-refractivity contribution in [3.05, 3.63) is 53.8 Å². The number of rotatable bonds is 2. The van der Waals surface area contributed by atoms with Crippen molar-refractivity contribution in [1.82, 2.24) is 0 Å². The van der Waals surface area contributed by atoms with E-state index in [0.29, 0.717) is 11.1 Å². The monoisotopic (exact) mass is 232 g/mol. The van der Waals surface area contributed by atoms with Crippen LogP contribution < -0.4 is 0 Å². The Morgan fingerprint density at radius 1 is 1.06 bits per heavy atom. The van der Waals surface area contributed by atoms with Gasteiger partial charge in [-0.2, -0.15) is 0 Å². The molecule has 2 aromatic carbocycles. The van der Waals surface area contributed by atoms with Crippen LogP contribution in [0.5, 0.6) is 5.75 Å². The van der Waals surface area contributed by atoms with Crippen molar-refractivity contribution in [2.75, 3.05) is 0 Å². The Morgan fingerprint density at radius 2 is 1.71 bits per heavy atom. The normalized spacial score (nSPS) is 10.2. The van der Waals surface area contributed by atoms with Crippen molar-refractivity contribution in [2.45, 2.75) is 0 Å². The molecule has 0 aliphatic heterocycles. The van der Waals surface area contributed by atoms with Crippen LogP contribution in [0.25, 0.3) is 11.1 Å². The van der Waals surface area contributed by atoms with Gasteiger partial charge in [-0.05, 0) is 41.5 Å². The number of carboxylic acids is 1. The van der Waals surface area contributed by atoms with Crippen LogP contribution in [0, 0.1) is 5.82 Å². The molecule has 2 N–H and O–H groups in total. The van der Waals surface area contributed by atoms with Gasteiger partial charge in [0.1, 0.15) is 11.6 Å². The standard InChI is InChI=1S/C13H9FO3/c14-9-3-1-8(2-4-9)11-6-5-10(15)7-12(11)13(16)17/h1-7,15H,(H,16,17). The molecule has 0 radical (unpaired) electrons. The van der Waals surface area contributed by atoms with Gasteiger partial charge in [-0.25, -0.2) is 9.18 Å². The number of hydrogen-bond acceptors (Lipinski definition) is 2. The highest BCUT2D eigenvalue weighted by Gasteiger charge is 2.12. The summed E-state index contributed by atoms with van der Waals surface area (Å²) in [6.45, 7) is 0. The maximum absolute atomic E-state index is 12.8.